The fourth-order valence-corrected chi connectivity index (χ4v) is 11.5. The zero-order valence-corrected chi connectivity index (χ0v) is 55.3. The van der Waals surface area contributed by atoms with Gasteiger partial charge in [0.1, 0.15) is 54.4 Å². The summed E-state index contributed by atoms with van der Waals surface area (Å²) >= 11 is 1.45. The second-order valence-electron chi connectivity index (χ2n) is 24.1. The molecule has 0 spiro atoms. The molecule has 13 amide bonds. The van der Waals surface area contributed by atoms with Gasteiger partial charge in [0.15, 0.2) is 5.96 Å². The van der Waals surface area contributed by atoms with E-state index in [4.69, 9.17) is 40.1 Å². The molecule has 0 saturated carbocycles. The normalized spacial score (nSPS) is 16.8. The minimum absolute atomic E-state index is 0.0736. The quantitative estimate of drug-likeness (QED) is 0.0173. The van der Waals surface area contributed by atoms with E-state index in [1.54, 1.807) is 60.7 Å². The number of aliphatic imine (C=N–C) groups is 1. The lowest BCUT2D eigenvalue weighted by Crippen LogP contribution is -2.60. The van der Waals surface area contributed by atoms with E-state index in [9.17, 15) is 62.3 Å². The van der Waals surface area contributed by atoms with Gasteiger partial charge in [-0.25, -0.2) is 0 Å². The molecular formula is C63H98N18O13S. The molecule has 32 heteroatoms. The summed E-state index contributed by atoms with van der Waals surface area (Å²) in [5, 5.41) is 21.1. The van der Waals surface area contributed by atoms with E-state index < -0.39 is 169 Å². The molecule has 95 heavy (non-hydrogen) atoms. The fourth-order valence-electron chi connectivity index (χ4n) is 11.0. The number of thioether (sulfide) groups is 1. The molecule has 2 aromatic rings. The lowest BCUT2D eigenvalue weighted by Gasteiger charge is -2.32. The minimum Gasteiger partial charge on any atom is -0.370 e. The van der Waals surface area contributed by atoms with Crippen LogP contribution in [0.4, 0.5) is 0 Å². The average Bonchev–Trinajstić information content (AvgIpc) is 1.74. The SMILES string of the molecule is CSCC[C@H](NC(=O)[C@@H](CC(C)C)NC(=O)CNC(=O)[C@H](Cc1ccccc1)NC(=O)[C@@H](Cc1ccccc1)NC(=O)[C@@H](CCC(N)=O)NC(=O)[C@H](CCC(N)=O)NC(=O)[C@H]1CCCN1C(=O)[C@@H](CCCCN)NC(=O)[C@@H]1CCCN1C(=O)[C@H](N)CCCN=C(N)N)C(N)=O. The smallest absolute Gasteiger partial charge is 0.245 e. The Bertz CT molecular complexity index is 2960. The molecule has 4 rings (SSSR count). The second kappa shape index (κ2) is 41.0. The van der Waals surface area contributed by atoms with Crippen molar-refractivity contribution in [1.29, 1.82) is 0 Å². The summed E-state index contributed by atoms with van der Waals surface area (Å²) in [4.78, 5) is 185. The van der Waals surface area contributed by atoms with Gasteiger partial charge in [-0.05, 0) is 119 Å². The van der Waals surface area contributed by atoms with Crippen LogP contribution >= 0.6 is 11.8 Å². The summed E-state index contributed by atoms with van der Waals surface area (Å²) in [5.41, 5.74) is 40.6. The van der Waals surface area contributed by atoms with E-state index in [-0.39, 0.29) is 83.0 Å². The monoisotopic (exact) mass is 1350 g/mol. The Morgan fingerprint density at radius 2 is 1.01 bits per heavy atom. The Morgan fingerprint density at radius 3 is 1.51 bits per heavy atom. The van der Waals surface area contributed by atoms with Gasteiger partial charge in [0.25, 0.3) is 0 Å². The number of guanidine groups is 1. The van der Waals surface area contributed by atoms with E-state index in [1.165, 1.54) is 21.6 Å². The van der Waals surface area contributed by atoms with Gasteiger partial charge in [-0.2, -0.15) is 11.8 Å². The summed E-state index contributed by atoms with van der Waals surface area (Å²) in [5.74, 6) is -9.80. The largest absolute Gasteiger partial charge is 0.370 e. The zero-order valence-electron chi connectivity index (χ0n) is 54.5. The van der Waals surface area contributed by atoms with E-state index >= 15 is 0 Å². The van der Waals surface area contributed by atoms with Crippen molar-refractivity contribution in [3.8, 4) is 0 Å². The molecule has 0 aromatic heterocycles. The van der Waals surface area contributed by atoms with Crippen LogP contribution in [0, 0.1) is 5.92 Å². The van der Waals surface area contributed by atoms with Gasteiger partial charge in [-0.15, -0.1) is 0 Å². The van der Waals surface area contributed by atoms with Crippen molar-refractivity contribution < 1.29 is 62.3 Å². The summed E-state index contributed by atoms with van der Waals surface area (Å²) in [7, 11) is 0. The molecule has 0 aliphatic carbocycles. The number of amides is 13. The molecule has 0 bridgehead atoms. The fraction of sp³-hybridized carbons (Fsp3) is 0.587. The number of nitrogens with zero attached hydrogens (tertiary/aromatic N) is 3. The highest BCUT2D eigenvalue weighted by atomic mass is 32.2. The molecule has 2 aromatic carbocycles. The van der Waals surface area contributed by atoms with Crippen LogP contribution in [0.1, 0.15) is 121 Å². The minimum atomic E-state index is -1.64. The standard InChI is InChI=1S/C63H98N18O13S/c1-37(2)33-45(57(89)74-41(53(68)85)27-32-95-3)73-52(84)36-72-54(86)46(34-38-15-6-4-7-16-38)78-58(90)47(35-39-17-8-5-9-18-39)79-56(88)42(23-25-50(66)82)75-55(87)43(24-26-51(67)83)76-59(91)49-22-14-31-81(49)62(94)44(20-10-11-28-64)77-60(92)48-21-13-30-80(48)61(93)40(65)19-12-29-71-63(69)70/h4-9,15-18,37,40-49H,10-14,19-36,64-65H2,1-3H3,(H2,66,82)(H2,67,83)(H2,68,85)(H,72,86)(H,73,84)(H,74,89)(H,75,87)(H,76,91)(H,77,92)(H,78,90)(H,79,88)(H4,69,70,71)/t40-,41+,42-,43+,44-,45-,46+,47-,48+,49-/m1/s1. The van der Waals surface area contributed by atoms with E-state index in [0.717, 1.165) is 0 Å². The van der Waals surface area contributed by atoms with Gasteiger partial charge >= 0.3 is 0 Å². The van der Waals surface area contributed by atoms with Crippen LogP contribution in [-0.2, 0) is 75.2 Å². The second-order valence-corrected chi connectivity index (χ2v) is 25.1. The maximum atomic E-state index is 14.7. The first-order valence-electron chi connectivity index (χ1n) is 32.2. The molecule has 0 radical (unpaired) electrons. The number of carbonyl (C=O) groups excluding carboxylic acids is 13. The molecule has 22 N–H and O–H groups in total. The maximum Gasteiger partial charge on any atom is 0.245 e. The summed E-state index contributed by atoms with van der Waals surface area (Å²) in [6, 6.07) is 4.51. The van der Waals surface area contributed by atoms with Gasteiger partial charge in [-0.3, -0.25) is 67.3 Å². The summed E-state index contributed by atoms with van der Waals surface area (Å²) in [6.45, 7) is 3.86. The van der Waals surface area contributed by atoms with Gasteiger partial charge in [-0.1, -0.05) is 74.5 Å². The number of nitrogens with two attached hydrogens (primary N) is 7. The highest BCUT2D eigenvalue weighted by Gasteiger charge is 2.42. The first kappa shape index (κ1) is 78.5. The number of hydrogen-bond donors (Lipinski definition) is 15. The van der Waals surface area contributed by atoms with Crippen molar-refractivity contribution in [2.24, 2.45) is 51.0 Å². The summed E-state index contributed by atoms with van der Waals surface area (Å²) < 4.78 is 0. The first-order valence-corrected chi connectivity index (χ1v) is 33.6. The van der Waals surface area contributed by atoms with Gasteiger partial charge in [0.2, 0.25) is 76.8 Å². The molecule has 2 heterocycles. The lowest BCUT2D eigenvalue weighted by atomic mass is 10.0. The lowest BCUT2D eigenvalue weighted by molar-refractivity contribution is -0.144. The molecule has 0 unspecified atom stereocenters. The van der Waals surface area contributed by atoms with Crippen LogP contribution in [-0.4, -0.2) is 198 Å². The molecule has 2 aliphatic heterocycles. The predicted octanol–water partition coefficient (Wildman–Crippen LogP) is -3.71. The maximum absolute atomic E-state index is 14.7. The number of likely N-dealkylation sites (tertiary alicyclic amines) is 2. The van der Waals surface area contributed by atoms with E-state index in [1.807, 2.05) is 20.1 Å². The van der Waals surface area contributed by atoms with Crippen molar-refractivity contribution >= 4 is 94.5 Å². The van der Waals surface area contributed by atoms with Crippen LogP contribution in [0.5, 0.6) is 0 Å². The van der Waals surface area contributed by atoms with Crippen molar-refractivity contribution in [3.63, 3.8) is 0 Å². The van der Waals surface area contributed by atoms with Crippen LogP contribution in [0.15, 0.2) is 65.7 Å². The number of benzene rings is 2. The Hall–Kier alpha value is -8.91. The highest BCUT2D eigenvalue weighted by molar-refractivity contribution is 7.98. The summed E-state index contributed by atoms with van der Waals surface area (Å²) in [6.07, 6.45) is 3.12. The molecule has 31 nitrogen and oxygen atoms in total. The molecule has 2 fully saturated rings. The Kier molecular flexibility index (Phi) is 33.9. The molecule has 524 valence electrons. The van der Waals surface area contributed by atoms with Gasteiger partial charge in [0, 0.05) is 45.3 Å². The Balaban J connectivity index is 1.56. The number of primary amides is 3. The molecule has 2 saturated heterocycles. The van der Waals surface area contributed by atoms with Crippen molar-refractivity contribution in [2.45, 2.75) is 183 Å². The number of nitrogens with one attached hydrogen (secondary N) is 8. The van der Waals surface area contributed by atoms with Crippen LogP contribution in [0.2, 0.25) is 0 Å². The molecule has 2 aliphatic rings. The number of hydrogen-bond acceptors (Lipinski definition) is 17. The highest BCUT2D eigenvalue weighted by Crippen LogP contribution is 2.24. The molecular weight excluding hydrogens is 1250 g/mol. The first-order chi connectivity index (χ1) is 45.2. The number of unbranched alkanes of at least 4 members (excludes halogenated alkanes) is 1. The van der Waals surface area contributed by atoms with Crippen molar-refractivity contribution in [2.75, 3.05) is 44.7 Å². The number of carbonyl (C=O) groups is 13. The Morgan fingerprint density at radius 1 is 0.537 bits per heavy atom. The third-order valence-electron chi connectivity index (χ3n) is 16.0. The van der Waals surface area contributed by atoms with Crippen LogP contribution in [0.3, 0.4) is 0 Å². The Labute approximate surface area is 558 Å². The molecule has 10 atom stereocenters. The topological polar surface area (TPSA) is 519 Å². The average molecular weight is 1350 g/mol. The van der Waals surface area contributed by atoms with E-state index in [2.05, 4.69) is 47.5 Å². The van der Waals surface area contributed by atoms with Crippen LogP contribution < -0.4 is 82.7 Å². The number of rotatable bonds is 42. The van der Waals surface area contributed by atoms with Crippen molar-refractivity contribution in [3.05, 3.63) is 71.8 Å². The third kappa shape index (κ3) is 27.5. The zero-order chi connectivity index (χ0) is 70.1. The van der Waals surface area contributed by atoms with Crippen molar-refractivity contribution in [1.82, 2.24) is 52.3 Å². The third-order valence-corrected chi connectivity index (χ3v) is 16.7. The van der Waals surface area contributed by atoms with Gasteiger partial charge < -0.3 is 92.5 Å². The van der Waals surface area contributed by atoms with Crippen LogP contribution in [0.25, 0.3) is 0 Å². The van der Waals surface area contributed by atoms with Gasteiger partial charge in [0.05, 0.1) is 12.6 Å². The van der Waals surface area contributed by atoms with E-state index in [0.29, 0.717) is 55.4 Å². The predicted molar refractivity (Wildman–Crippen MR) is 356 cm³/mol.